The van der Waals surface area contributed by atoms with E-state index < -0.39 is 0 Å². The first-order chi connectivity index (χ1) is 11.7. The zero-order chi connectivity index (χ0) is 17.0. The zero-order valence-electron chi connectivity index (χ0n) is 14.6. The van der Waals surface area contributed by atoms with Crippen LogP contribution in [0.3, 0.4) is 0 Å². The molecule has 3 rings (SSSR count). The maximum absolute atomic E-state index is 12.8. The molecule has 0 bridgehead atoms. The zero-order valence-corrected chi connectivity index (χ0v) is 14.6. The van der Waals surface area contributed by atoms with Gasteiger partial charge >= 0.3 is 5.97 Å². The van der Waals surface area contributed by atoms with E-state index in [0.29, 0.717) is 31.2 Å². The van der Waals surface area contributed by atoms with Gasteiger partial charge in [0.05, 0.1) is 17.6 Å². The smallest absolute Gasteiger partial charge is 0.312 e. The van der Waals surface area contributed by atoms with Crippen molar-refractivity contribution in [3.05, 3.63) is 24.0 Å². The van der Waals surface area contributed by atoms with Gasteiger partial charge in [0.2, 0.25) is 0 Å². The first-order valence-corrected chi connectivity index (χ1v) is 9.26. The summed E-state index contributed by atoms with van der Waals surface area (Å²) in [6, 6.07) is 1.80. The molecule has 0 spiro atoms. The lowest BCUT2D eigenvalue weighted by Gasteiger charge is -2.45. The van der Waals surface area contributed by atoms with Gasteiger partial charge in [-0.25, -0.2) is 0 Å². The molecule has 1 amide bonds. The van der Waals surface area contributed by atoms with E-state index in [2.05, 4.69) is 4.98 Å². The molecule has 1 saturated carbocycles. The Hall–Kier alpha value is -1.78. The maximum Gasteiger partial charge on any atom is 0.312 e. The number of nitrogens with one attached hydrogen (secondary N) is 1. The van der Waals surface area contributed by atoms with Crippen LogP contribution in [0.5, 0.6) is 0 Å². The van der Waals surface area contributed by atoms with Crippen molar-refractivity contribution in [2.45, 2.75) is 51.9 Å². The summed E-state index contributed by atoms with van der Waals surface area (Å²) in [7, 11) is 0. The number of ether oxygens (including phenoxy) is 1. The molecule has 2 aliphatic rings. The second-order valence-corrected chi connectivity index (χ2v) is 7.10. The Kier molecular flexibility index (Phi) is 5.27. The molecule has 1 aromatic rings. The number of carbonyl (C=O) groups is 2. The molecule has 0 atom stereocenters. The van der Waals surface area contributed by atoms with Gasteiger partial charge in [-0.1, -0.05) is 19.3 Å². The molecule has 132 valence electrons. The first-order valence-electron chi connectivity index (χ1n) is 9.26. The molecular weight excluding hydrogens is 304 g/mol. The summed E-state index contributed by atoms with van der Waals surface area (Å²) in [4.78, 5) is 30.1. The van der Waals surface area contributed by atoms with Gasteiger partial charge in [-0.2, -0.15) is 0 Å². The lowest BCUT2D eigenvalue weighted by Crippen LogP contribution is -2.51. The topological polar surface area (TPSA) is 62.4 Å². The molecular formula is C19H28N2O3. The first kappa shape index (κ1) is 17.1. The molecule has 5 heteroatoms. The van der Waals surface area contributed by atoms with Gasteiger partial charge in [-0.3, -0.25) is 9.59 Å². The van der Waals surface area contributed by atoms with Gasteiger partial charge in [0.15, 0.2) is 0 Å². The minimum Gasteiger partial charge on any atom is -0.466 e. The van der Waals surface area contributed by atoms with Gasteiger partial charge in [-0.15, -0.1) is 0 Å². The number of piperidine rings is 1. The number of hydrogen-bond donors (Lipinski definition) is 1. The molecule has 1 N–H and O–H groups in total. The molecule has 1 saturated heterocycles. The largest absolute Gasteiger partial charge is 0.466 e. The van der Waals surface area contributed by atoms with Crippen molar-refractivity contribution < 1.29 is 14.3 Å². The Morgan fingerprint density at radius 3 is 2.54 bits per heavy atom. The number of likely N-dealkylation sites (tertiary alicyclic amines) is 1. The fourth-order valence-corrected chi connectivity index (χ4v) is 4.46. The van der Waals surface area contributed by atoms with Crippen LogP contribution in [0, 0.1) is 11.3 Å². The van der Waals surface area contributed by atoms with E-state index in [1.54, 1.807) is 18.5 Å². The van der Waals surface area contributed by atoms with Crippen LogP contribution in [0.4, 0.5) is 0 Å². The van der Waals surface area contributed by atoms with Crippen LogP contribution in [0.25, 0.3) is 0 Å². The van der Waals surface area contributed by atoms with Crippen molar-refractivity contribution in [1.82, 2.24) is 9.88 Å². The Balaban J connectivity index is 1.72. The van der Waals surface area contributed by atoms with Crippen LogP contribution >= 0.6 is 0 Å². The number of hydrogen-bond acceptors (Lipinski definition) is 3. The fraction of sp³-hybridized carbons (Fsp3) is 0.684. The third-order valence-corrected chi connectivity index (χ3v) is 5.86. The molecule has 2 heterocycles. The van der Waals surface area contributed by atoms with E-state index in [4.69, 9.17) is 4.74 Å². The van der Waals surface area contributed by atoms with Gasteiger partial charge < -0.3 is 14.6 Å². The number of rotatable bonds is 4. The monoisotopic (exact) mass is 332 g/mol. The second-order valence-electron chi connectivity index (χ2n) is 7.10. The fourth-order valence-electron chi connectivity index (χ4n) is 4.46. The summed E-state index contributed by atoms with van der Waals surface area (Å²) >= 11 is 0. The lowest BCUT2D eigenvalue weighted by molar-refractivity contribution is -0.164. The average molecular weight is 332 g/mol. The Labute approximate surface area is 143 Å². The molecule has 2 fully saturated rings. The average Bonchev–Trinajstić information content (AvgIpc) is 3.17. The number of H-pyrrole nitrogens is 1. The van der Waals surface area contributed by atoms with Gasteiger partial charge in [0.25, 0.3) is 5.91 Å². The predicted octanol–water partition coefficient (Wildman–Crippen LogP) is 3.38. The van der Waals surface area contributed by atoms with Gasteiger partial charge in [0.1, 0.15) is 0 Å². The highest BCUT2D eigenvalue weighted by atomic mass is 16.5. The van der Waals surface area contributed by atoms with Crippen LogP contribution in [-0.4, -0.2) is 41.5 Å². The molecule has 24 heavy (non-hydrogen) atoms. The number of carbonyl (C=O) groups excluding carboxylic acids is 2. The molecule has 0 radical (unpaired) electrons. The van der Waals surface area contributed by atoms with Crippen LogP contribution in [0.1, 0.15) is 62.2 Å². The molecule has 1 aromatic heterocycles. The highest BCUT2D eigenvalue weighted by molar-refractivity contribution is 5.94. The van der Waals surface area contributed by atoms with Crippen LogP contribution in [0.2, 0.25) is 0 Å². The number of nitrogens with zero attached hydrogens (tertiary/aromatic N) is 1. The number of esters is 1. The van der Waals surface area contributed by atoms with Crippen molar-refractivity contribution in [3.8, 4) is 0 Å². The minimum absolute atomic E-state index is 0.0364. The van der Waals surface area contributed by atoms with Crippen LogP contribution in [-0.2, 0) is 9.53 Å². The third kappa shape index (κ3) is 3.21. The summed E-state index contributed by atoms with van der Waals surface area (Å²) < 4.78 is 5.46. The summed E-state index contributed by atoms with van der Waals surface area (Å²) in [5.41, 5.74) is 0.307. The van der Waals surface area contributed by atoms with Crippen LogP contribution < -0.4 is 0 Å². The SMILES string of the molecule is CCOC(=O)C1(C2CCCCC2)CCN(C(=O)c2cc[nH]c2)CC1. The van der Waals surface area contributed by atoms with Crippen molar-refractivity contribution >= 4 is 11.9 Å². The number of aromatic nitrogens is 1. The highest BCUT2D eigenvalue weighted by Crippen LogP contribution is 2.46. The van der Waals surface area contributed by atoms with Gasteiger partial charge in [0, 0.05) is 25.5 Å². The normalized spacial score (nSPS) is 21.5. The van der Waals surface area contributed by atoms with Crippen molar-refractivity contribution in [1.29, 1.82) is 0 Å². The Morgan fingerprint density at radius 2 is 1.96 bits per heavy atom. The standard InChI is InChI=1S/C19H28N2O3/c1-2-24-18(23)19(16-6-4-3-5-7-16)9-12-21(13-10-19)17(22)15-8-11-20-14-15/h8,11,14,16,20H,2-7,9-10,12-13H2,1H3. The summed E-state index contributed by atoms with van der Waals surface area (Å²) in [6.45, 7) is 3.58. The van der Waals surface area contributed by atoms with Crippen molar-refractivity contribution in [3.63, 3.8) is 0 Å². The van der Waals surface area contributed by atoms with E-state index in [9.17, 15) is 9.59 Å². The molecule has 0 aromatic carbocycles. The molecule has 1 aliphatic carbocycles. The van der Waals surface area contributed by atoms with Crippen molar-refractivity contribution in [2.24, 2.45) is 11.3 Å². The Morgan fingerprint density at radius 1 is 1.25 bits per heavy atom. The summed E-state index contributed by atoms with van der Waals surface area (Å²) in [6.07, 6.45) is 10.9. The maximum atomic E-state index is 12.8. The van der Waals surface area contributed by atoms with E-state index in [1.165, 1.54) is 19.3 Å². The molecule has 1 aliphatic heterocycles. The minimum atomic E-state index is -0.384. The number of amides is 1. The summed E-state index contributed by atoms with van der Waals surface area (Å²) in [5.74, 6) is 0.429. The van der Waals surface area contributed by atoms with Crippen LogP contribution in [0.15, 0.2) is 18.5 Å². The highest BCUT2D eigenvalue weighted by Gasteiger charge is 2.49. The van der Waals surface area contributed by atoms with Crippen molar-refractivity contribution in [2.75, 3.05) is 19.7 Å². The Bertz CT molecular complexity index is 553. The quantitative estimate of drug-likeness (QED) is 0.860. The molecule has 5 nitrogen and oxygen atoms in total. The number of aromatic amines is 1. The lowest BCUT2D eigenvalue weighted by atomic mass is 9.63. The van der Waals surface area contributed by atoms with E-state index in [0.717, 1.165) is 25.7 Å². The third-order valence-electron chi connectivity index (χ3n) is 5.86. The van der Waals surface area contributed by atoms with E-state index >= 15 is 0 Å². The predicted molar refractivity (Wildman–Crippen MR) is 91.6 cm³/mol. The van der Waals surface area contributed by atoms with E-state index in [1.807, 2.05) is 11.8 Å². The van der Waals surface area contributed by atoms with E-state index in [-0.39, 0.29) is 17.3 Å². The molecule has 0 unspecified atom stereocenters. The summed E-state index contributed by atoms with van der Waals surface area (Å²) in [5, 5.41) is 0. The second kappa shape index (κ2) is 7.41. The van der Waals surface area contributed by atoms with Gasteiger partial charge in [-0.05, 0) is 44.6 Å².